The van der Waals surface area contributed by atoms with E-state index in [1.165, 1.54) is 0 Å². The van der Waals surface area contributed by atoms with E-state index in [9.17, 15) is 4.79 Å². The number of likely N-dealkylation sites (N-methyl/N-ethyl adjacent to an activating group) is 2. The van der Waals surface area contributed by atoms with Crippen LogP contribution >= 0.6 is 0 Å². The van der Waals surface area contributed by atoms with E-state index < -0.39 is 0 Å². The van der Waals surface area contributed by atoms with Gasteiger partial charge in [-0.3, -0.25) is 14.7 Å². The van der Waals surface area contributed by atoms with E-state index in [0.717, 1.165) is 24.5 Å². The molecule has 5 nitrogen and oxygen atoms in total. The second-order valence-corrected chi connectivity index (χ2v) is 4.52. The van der Waals surface area contributed by atoms with E-state index in [1.54, 1.807) is 6.20 Å². The minimum Gasteiger partial charge on any atom is -0.388 e. The molecule has 0 spiro atoms. The van der Waals surface area contributed by atoms with Gasteiger partial charge in [-0.1, -0.05) is 0 Å². The summed E-state index contributed by atoms with van der Waals surface area (Å²) in [6.07, 6.45) is 1.78. The first-order chi connectivity index (χ1) is 9.10. The zero-order valence-corrected chi connectivity index (χ0v) is 12.3. The van der Waals surface area contributed by atoms with Gasteiger partial charge in [-0.25, -0.2) is 0 Å². The van der Waals surface area contributed by atoms with Crippen molar-refractivity contribution in [2.24, 2.45) is 0 Å². The molecule has 0 unspecified atom stereocenters. The van der Waals surface area contributed by atoms with Crippen LogP contribution in [0.2, 0.25) is 0 Å². The summed E-state index contributed by atoms with van der Waals surface area (Å²) in [4.78, 5) is 20.1. The Balaban J connectivity index is 2.54. The lowest BCUT2D eigenvalue weighted by Crippen LogP contribution is -2.38. The highest BCUT2D eigenvalue weighted by Gasteiger charge is 2.12. The molecular formula is C14H24N4O. The van der Waals surface area contributed by atoms with Crippen LogP contribution in [0.5, 0.6) is 0 Å². The molecule has 0 aromatic carbocycles. The van der Waals surface area contributed by atoms with E-state index in [2.05, 4.69) is 10.3 Å². The lowest BCUT2D eigenvalue weighted by molar-refractivity contribution is -0.131. The topological polar surface area (TPSA) is 48.5 Å². The lowest BCUT2D eigenvalue weighted by atomic mass is 10.3. The molecular weight excluding hydrogens is 240 g/mol. The third-order valence-electron chi connectivity index (χ3n) is 3.06. The maximum Gasteiger partial charge on any atom is 0.236 e. The van der Waals surface area contributed by atoms with Crippen molar-refractivity contribution in [1.82, 2.24) is 14.8 Å². The molecule has 1 amide bonds. The van der Waals surface area contributed by atoms with Crippen LogP contribution in [0.4, 0.5) is 5.69 Å². The Kier molecular flexibility index (Phi) is 6.29. The van der Waals surface area contributed by atoms with Crippen LogP contribution in [0, 0.1) is 0 Å². The monoisotopic (exact) mass is 264 g/mol. The van der Waals surface area contributed by atoms with Crippen LogP contribution in [-0.2, 0) is 11.3 Å². The molecule has 0 aliphatic heterocycles. The summed E-state index contributed by atoms with van der Waals surface area (Å²) in [7, 11) is 3.82. The van der Waals surface area contributed by atoms with Gasteiger partial charge in [0.2, 0.25) is 5.91 Å². The third kappa shape index (κ3) is 4.87. The van der Waals surface area contributed by atoms with Gasteiger partial charge in [0.1, 0.15) is 0 Å². The molecule has 0 radical (unpaired) electrons. The Bertz CT molecular complexity index is 404. The summed E-state index contributed by atoms with van der Waals surface area (Å²) in [5.41, 5.74) is 2.00. The second-order valence-electron chi connectivity index (χ2n) is 4.52. The number of pyridine rings is 1. The number of nitrogens with zero attached hydrogens (tertiary/aromatic N) is 3. The van der Waals surface area contributed by atoms with Crippen LogP contribution < -0.4 is 5.32 Å². The minimum atomic E-state index is 0.164. The van der Waals surface area contributed by atoms with E-state index in [4.69, 9.17) is 0 Å². The summed E-state index contributed by atoms with van der Waals surface area (Å²) in [5.74, 6) is 0.164. The van der Waals surface area contributed by atoms with E-state index in [-0.39, 0.29) is 5.91 Å². The molecule has 0 bridgehead atoms. The van der Waals surface area contributed by atoms with Gasteiger partial charge in [0.25, 0.3) is 0 Å². The number of rotatable bonds is 7. The molecule has 106 valence electrons. The molecule has 19 heavy (non-hydrogen) atoms. The molecule has 0 aliphatic carbocycles. The van der Waals surface area contributed by atoms with Crippen LogP contribution in [0.3, 0.4) is 0 Å². The second kappa shape index (κ2) is 7.74. The maximum atomic E-state index is 12.0. The maximum absolute atomic E-state index is 12.0. The van der Waals surface area contributed by atoms with E-state index >= 15 is 0 Å². The van der Waals surface area contributed by atoms with Crippen molar-refractivity contribution in [2.75, 3.05) is 39.0 Å². The molecule has 0 saturated heterocycles. The van der Waals surface area contributed by atoms with Gasteiger partial charge in [0, 0.05) is 38.6 Å². The predicted octanol–water partition coefficient (Wildman–Crippen LogP) is 1.42. The third-order valence-corrected chi connectivity index (χ3v) is 3.06. The van der Waals surface area contributed by atoms with Gasteiger partial charge in [-0.15, -0.1) is 0 Å². The molecule has 5 heteroatoms. The van der Waals surface area contributed by atoms with Gasteiger partial charge in [-0.2, -0.15) is 0 Å². The number of amides is 1. The molecule has 1 aromatic rings. The average Bonchev–Trinajstić information content (AvgIpc) is 2.40. The number of nitrogens with one attached hydrogen (secondary N) is 1. The van der Waals surface area contributed by atoms with Crippen LogP contribution in [0.25, 0.3) is 0 Å². The number of carbonyl (C=O) groups excluding carboxylic acids is 1. The fourth-order valence-electron chi connectivity index (χ4n) is 1.96. The number of anilines is 1. The summed E-state index contributed by atoms with van der Waals surface area (Å²) < 4.78 is 0. The van der Waals surface area contributed by atoms with Crippen molar-refractivity contribution in [2.45, 2.75) is 20.4 Å². The highest BCUT2D eigenvalue weighted by Crippen LogP contribution is 2.08. The Morgan fingerprint density at radius 2 is 2.05 bits per heavy atom. The largest absolute Gasteiger partial charge is 0.388 e. The van der Waals surface area contributed by atoms with Crippen molar-refractivity contribution in [3.8, 4) is 0 Å². The number of carbonyl (C=O) groups is 1. The van der Waals surface area contributed by atoms with Crippen molar-refractivity contribution < 1.29 is 4.79 Å². The average molecular weight is 264 g/mol. The lowest BCUT2D eigenvalue weighted by Gasteiger charge is -2.22. The van der Waals surface area contributed by atoms with Gasteiger partial charge >= 0.3 is 0 Å². The van der Waals surface area contributed by atoms with Crippen LogP contribution in [0.15, 0.2) is 18.3 Å². The van der Waals surface area contributed by atoms with Crippen molar-refractivity contribution in [3.05, 3.63) is 24.0 Å². The fraction of sp³-hybridized carbons (Fsp3) is 0.571. The van der Waals surface area contributed by atoms with Gasteiger partial charge in [-0.05, 0) is 33.0 Å². The molecule has 1 aromatic heterocycles. The summed E-state index contributed by atoms with van der Waals surface area (Å²) in [6, 6.07) is 3.92. The highest BCUT2D eigenvalue weighted by molar-refractivity contribution is 5.78. The van der Waals surface area contributed by atoms with Crippen LogP contribution in [-0.4, -0.2) is 54.4 Å². The standard InChI is InChI=1S/C14H24N4O/c1-5-18(6-2)14(19)11-17(4)10-13-9-12(15-3)7-8-16-13/h7-9H,5-6,10-11H2,1-4H3,(H,15,16). The fourth-order valence-corrected chi connectivity index (χ4v) is 1.96. The zero-order valence-electron chi connectivity index (χ0n) is 12.3. The van der Waals surface area contributed by atoms with Crippen LogP contribution in [0.1, 0.15) is 19.5 Å². The summed E-state index contributed by atoms with van der Waals surface area (Å²) in [5, 5.41) is 3.08. The van der Waals surface area contributed by atoms with Gasteiger partial charge in [0.15, 0.2) is 0 Å². The van der Waals surface area contributed by atoms with E-state index in [0.29, 0.717) is 13.1 Å². The Labute approximate surface area is 115 Å². The zero-order chi connectivity index (χ0) is 14.3. The number of hydrogen-bond donors (Lipinski definition) is 1. The molecule has 0 saturated carbocycles. The first-order valence-electron chi connectivity index (χ1n) is 6.69. The van der Waals surface area contributed by atoms with Gasteiger partial charge in [0.05, 0.1) is 12.2 Å². The molecule has 0 atom stereocenters. The quantitative estimate of drug-likeness (QED) is 0.809. The van der Waals surface area contributed by atoms with Crippen molar-refractivity contribution >= 4 is 11.6 Å². The van der Waals surface area contributed by atoms with Gasteiger partial charge < -0.3 is 10.2 Å². The SMILES string of the molecule is CCN(CC)C(=O)CN(C)Cc1cc(NC)ccn1. The summed E-state index contributed by atoms with van der Waals surface area (Å²) in [6.45, 7) is 6.61. The predicted molar refractivity (Wildman–Crippen MR) is 78.0 cm³/mol. The Morgan fingerprint density at radius 1 is 1.37 bits per heavy atom. The smallest absolute Gasteiger partial charge is 0.236 e. The normalized spacial score (nSPS) is 10.6. The minimum absolute atomic E-state index is 0.164. The van der Waals surface area contributed by atoms with Crippen molar-refractivity contribution in [3.63, 3.8) is 0 Å². The first-order valence-corrected chi connectivity index (χ1v) is 6.69. The molecule has 0 aliphatic rings. The molecule has 1 rings (SSSR count). The first kappa shape index (κ1) is 15.4. The van der Waals surface area contributed by atoms with E-state index in [1.807, 2.05) is 49.9 Å². The highest BCUT2D eigenvalue weighted by atomic mass is 16.2. The summed E-state index contributed by atoms with van der Waals surface area (Å²) >= 11 is 0. The number of hydrogen-bond acceptors (Lipinski definition) is 4. The van der Waals surface area contributed by atoms with Crippen molar-refractivity contribution in [1.29, 1.82) is 0 Å². The molecule has 1 N–H and O–H groups in total. The molecule has 1 heterocycles. The number of aromatic nitrogens is 1. The Hall–Kier alpha value is -1.62. The molecule has 0 fully saturated rings. The Morgan fingerprint density at radius 3 is 2.63 bits per heavy atom.